The van der Waals surface area contributed by atoms with Gasteiger partial charge in [-0.25, -0.2) is 0 Å². The highest BCUT2D eigenvalue weighted by Crippen LogP contribution is 2.13. The summed E-state index contributed by atoms with van der Waals surface area (Å²) in [5.41, 5.74) is 0. The molecule has 2 unspecified atom stereocenters. The third-order valence-corrected chi connectivity index (χ3v) is 3.98. The first-order chi connectivity index (χ1) is 8.52. The zero-order chi connectivity index (χ0) is 14.0. The molecular weight excluding hydrogens is 250 g/mol. The highest BCUT2D eigenvalue weighted by Gasteiger charge is 2.19. The molecule has 0 saturated carbocycles. The van der Waals surface area contributed by atoms with Crippen LogP contribution >= 0.6 is 11.8 Å². The van der Waals surface area contributed by atoms with Crippen molar-refractivity contribution in [1.29, 1.82) is 0 Å². The van der Waals surface area contributed by atoms with Crippen molar-refractivity contribution in [3.63, 3.8) is 0 Å². The molecule has 0 rings (SSSR count). The van der Waals surface area contributed by atoms with Crippen LogP contribution in [0.4, 0.5) is 0 Å². The van der Waals surface area contributed by atoms with Crippen molar-refractivity contribution in [2.75, 3.05) is 12.3 Å². The molecule has 2 atom stereocenters. The van der Waals surface area contributed by atoms with Crippen molar-refractivity contribution in [3.8, 4) is 0 Å². The summed E-state index contributed by atoms with van der Waals surface area (Å²) in [5, 5.41) is 11.6. The van der Waals surface area contributed by atoms with E-state index >= 15 is 0 Å². The number of rotatable bonds is 10. The molecule has 18 heavy (non-hydrogen) atoms. The van der Waals surface area contributed by atoms with Crippen molar-refractivity contribution in [1.82, 2.24) is 5.32 Å². The number of thioether (sulfide) groups is 1. The predicted molar refractivity (Wildman–Crippen MR) is 75.9 cm³/mol. The first kappa shape index (κ1) is 17.3. The maximum absolute atomic E-state index is 11.7. The van der Waals surface area contributed by atoms with Crippen LogP contribution < -0.4 is 5.32 Å². The van der Waals surface area contributed by atoms with E-state index in [0.717, 1.165) is 25.0 Å². The minimum absolute atomic E-state index is 0.0570. The molecule has 0 aromatic carbocycles. The lowest BCUT2D eigenvalue weighted by Crippen LogP contribution is -2.37. The summed E-state index contributed by atoms with van der Waals surface area (Å²) in [4.78, 5) is 22.7. The van der Waals surface area contributed by atoms with E-state index in [2.05, 4.69) is 12.2 Å². The van der Waals surface area contributed by atoms with E-state index in [-0.39, 0.29) is 17.7 Å². The van der Waals surface area contributed by atoms with Crippen molar-refractivity contribution < 1.29 is 14.7 Å². The number of carboxylic acids is 1. The number of carbonyl (C=O) groups is 2. The Morgan fingerprint density at radius 2 is 1.94 bits per heavy atom. The maximum atomic E-state index is 11.7. The van der Waals surface area contributed by atoms with Crippen molar-refractivity contribution in [2.24, 2.45) is 5.92 Å². The highest BCUT2D eigenvalue weighted by molar-refractivity contribution is 8.00. The fraction of sp³-hybridized carbons (Fsp3) is 0.846. The van der Waals surface area contributed by atoms with Crippen LogP contribution in [-0.2, 0) is 9.59 Å². The Balaban J connectivity index is 3.95. The summed E-state index contributed by atoms with van der Waals surface area (Å²) >= 11 is 1.62. The molecule has 0 aliphatic carbocycles. The number of nitrogens with one attached hydrogen (secondary N) is 1. The van der Waals surface area contributed by atoms with Crippen LogP contribution in [0.5, 0.6) is 0 Å². The van der Waals surface area contributed by atoms with Gasteiger partial charge >= 0.3 is 5.97 Å². The molecule has 0 heterocycles. The Kier molecular flexibility index (Phi) is 9.83. The number of carboxylic acid groups (broad SMARTS) is 1. The van der Waals surface area contributed by atoms with Crippen molar-refractivity contribution >= 4 is 23.6 Å². The van der Waals surface area contributed by atoms with E-state index in [1.807, 2.05) is 13.8 Å². The van der Waals surface area contributed by atoms with Crippen LogP contribution in [0.25, 0.3) is 0 Å². The monoisotopic (exact) mass is 275 g/mol. The van der Waals surface area contributed by atoms with Gasteiger partial charge in [-0.1, -0.05) is 26.7 Å². The zero-order valence-corrected chi connectivity index (χ0v) is 12.4. The van der Waals surface area contributed by atoms with E-state index in [1.165, 1.54) is 0 Å². The predicted octanol–water partition coefficient (Wildman–Crippen LogP) is 2.53. The first-order valence-electron chi connectivity index (χ1n) is 6.65. The summed E-state index contributed by atoms with van der Waals surface area (Å²) in [7, 11) is 0. The van der Waals surface area contributed by atoms with Gasteiger partial charge < -0.3 is 10.4 Å². The van der Waals surface area contributed by atoms with Gasteiger partial charge in [0.1, 0.15) is 0 Å². The van der Waals surface area contributed by atoms with Gasteiger partial charge in [-0.2, -0.15) is 0 Å². The molecule has 0 aliphatic heterocycles. The lowest BCUT2D eigenvalue weighted by Gasteiger charge is -2.15. The van der Waals surface area contributed by atoms with Crippen LogP contribution in [0.1, 0.15) is 46.5 Å². The molecule has 0 saturated heterocycles. The molecule has 1 amide bonds. The van der Waals surface area contributed by atoms with Crippen LogP contribution in [0.2, 0.25) is 0 Å². The fourth-order valence-corrected chi connectivity index (χ4v) is 2.55. The van der Waals surface area contributed by atoms with Gasteiger partial charge in [-0.15, -0.1) is 11.8 Å². The molecule has 0 bridgehead atoms. The normalized spacial score (nSPS) is 13.9. The second kappa shape index (κ2) is 10.2. The summed E-state index contributed by atoms with van der Waals surface area (Å²) in [6.45, 7) is 6.17. The van der Waals surface area contributed by atoms with Crippen LogP contribution in [0.15, 0.2) is 0 Å². The van der Waals surface area contributed by atoms with Gasteiger partial charge in [0, 0.05) is 6.54 Å². The highest BCUT2D eigenvalue weighted by atomic mass is 32.2. The number of carbonyl (C=O) groups excluding carboxylic acids is 1. The number of unbranched alkanes of at least 4 members (excludes halogenated alkanes) is 1. The molecular formula is C13H25NO3S. The minimum Gasteiger partial charge on any atom is -0.481 e. The van der Waals surface area contributed by atoms with Gasteiger partial charge in [-0.3, -0.25) is 9.59 Å². The lowest BCUT2D eigenvalue weighted by atomic mass is 10.0. The quantitative estimate of drug-likeness (QED) is 0.601. The first-order valence-corrected chi connectivity index (χ1v) is 7.69. The molecule has 0 aromatic rings. The second-order valence-corrected chi connectivity index (χ2v) is 5.88. The Morgan fingerprint density at radius 3 is 2.44 bits per heavy atom. The average molecular weight is 275 g/mol. The summed E-state index contributed by atoms with van der Waals surface area (Å²) in [6, 6.07) is 0. The van der Waals surface area contributed by atoms with Gasteiger partial charge in [0.15, 0.2) is 0 Å². The van der Waals surface area contributed by atoms with Crippen LogP contribution in [0.3, 0.4) is 0 Å². The largest absolute Gasteiger partial charge is 0.481 e. The molecule has 0 aromatic heterocycles. The van der Waals surface area contributed by atoms with Gasteiger partial charge in [0.2, 0.25) is 5.91 Å². The minimum atomic E-state index is -0.830. The standard InChI is InChI=1S/C13H25NO3S/c1-4-6-8-18-10(3)12(15)14-9-11(7-5-2)13(16)17/h10-11H,4-9H2,1-3H3,(H,14,15)(H,16,17). The van der Waals surface area contributed by atoms with Gasteiger partial charge in [-0.05, 0) is 25.5 Å². The molecule has 0 radical (unpaired) electrons. The maximum Gasteiger partial charge on any atom is 0.308 e. The zero-order valence-electron chi connectivity index (χ0n) is 11.6. The molecule has 0 fully saturated rings. The average Bonchev–Trinajstić information content (AvgIpc) is 2.33. The summed E-state index contributed by atoms with van der Waals surface area (Å²) in [5.74, 6) is -0.378. The molecule has 4 nitrogen and oxygen atoms in total. The lowest BCUT2D eigenvalue weighted by molar-refractivity contribution is -0.141. The van der Waals surface area contributed by atoms with Gasteiger partial charge in [0.25, 0.3) is 0 Å². The van der Waals surface area contributed by atoms with E-state index in [1.54, 1.807) is 11.8 Å². The van der Waals surface area contributed by atoms with Crippen LogP contribution in [-0.4, -0.2) is 34.5 Å². The number of amides is 1. The molecule has 0 spiro atoms. The Labute approximate surface area is 114 Å². The molecule has 0 aliphatic rings. The van der Waals surface area contributed by atoms with E-state index < -0.39 is 11.9 Å². The van der Waals surface area contributed by atoms with E-state index in [0.29, 0.717) is 6.42 Å². The Morgan fingerprint density at radius 1 is 1.28 bits per heavy atom. The SMILES string of the molecule is CCCCSC(C)C(=O)NCC(CCC)C(=O)O. The third kappa shape index (κ3) is 7.58. The Bertz CT molecular complexity index is 259. The summed E-state index contributed by atoms with van der Waals surface area (Å²) < 4.78 is 0. The smallest absolute Gasteiger partial charge is 0.308 e. The summed E-state index contributed by atoms with van der Waals surface area (Å²) in [6.07, 6.45) is 3.65. The molecule has 2 N–H and O–H groups in total. The van der Waals surface area contributed by atoms with E-state index in [9.17, 15) is 9.59 Å². The fourth-order valence-electron chi connectivity index (χ4n) is 1.51. The number of hydrogen-bond acceptors (Lipinski definition) is 3. The Hall–Kier alpha value is -0.710. The molecule has 5 heteroatoms. The molecule has 106 valence electrons. The topological polar surface area (TPSA) is 66.4 Å². The second-order valence-electron chi connectivity index (χ2n) is 4.44. The van der Waals surface area contributed by atoms with Crippen LogP contribution in [0, 0.1) is 5.92 Å². The van der Waals surface area contributed by atoms with Gasteiger partial charge in [0.05, 0.1) is 11.2 Å². The van der Waals surface area contributed by atoms with E-state index in [4.69, 9.17) is 5.11 Å². The van der Waals surface area contributed by atoms with Crippen molar-refractivity contribution in [3.05, 3.63) is 0 Å². The van der Waals surface area contributed by atoms with Crippen molar-refractivity contribution in [2.45, 2.75) is 51.7 Å². The number of aliphatic carboxylic acids is 1. The third-order valence-electron chi connectivity index (χ3n) is 2.74. The number of hydrogen-bond donors (Lipinski definition) is 2.